The van der Waals surface area contributed by atoms with Crippen molar-refractivity contribution in [3.63, 3.8) is 0 Å². The standard InChI is InChI=1S/C15H21ClN2O5S/c1-18(2)24(20,21)9-10-7-23-8-13(10)17-15(19)12-6-11(16)4-5-14(12)22-3/h4-6,10,13H,7-9H2,1-3H3,(H,17,19). The molecule has 2 rings (SSSR count). The summed E-state index contributed by atoms with van der Waals surface area (Å²) in [5.74, 6) is -0.380. The van der Waals surface area contributed by atoms with Crippen LogP contribution in [0.15, 0.2) is 18.2 Å². The molecular weight excluding hydrogens is 356 g/mol. The van der Waals surface area contributed by atoms with Gasteiger partial charge < -0.3 is 14.8 Å². The zero-order valence-corrected chi connectivity index (χ0v) is 15.4. The first kappa shape index (κ1) is 19.0. The molecule has 0 radical (unpaired) electrons. The van der Waals surface area contributed by atoms with E-state index in [0.29, 0.717) is 16.3 Å². The van der Waals surface area contributed by atoms with Gasteiger partial charge >= 0.3 is 0 Å². The summed E-state index contributed by atoms with van der Waals surface area (Å²) in [6.07, 6.45) is 0. The molecule has 1 amide bonds. The van der Waals surface area contributed by atoms with Crippen molar-refractivity contribution < 1.29 is 22.7 Å². The lowest BCUT2D eigenvalue weighted by Gasteiger charge is -2.21. The van der Waals surface area contributed by atoms with E-state index in [1.165, 1.54) is 31.6 Å². The van der Waals surface area contributed by atoms with Crippen LogP contribution < -0.4 is 10.1 Å². The number of hydrogen-bond acceptors (Lipinski definition) is 5. The number of rotatable bonds is 6. The maximum absolute atomic E-state index is 12.5. The SMILES string of the molecule is COc1ccc(Cl)cc1C(=O)NC1COCC1CS(=O)(=O)N(C)C. The predicted octanol–water partition coefficient (Wildman–Crippen LogP) is 0.985. The number of halogens is 1. The van der Waals surface area contributed by atoms with Crippen LogP contribution in [-0.4, -0.2) is 64.8 Å². The summed E-state index contributed by atoms with van der Waals surface area (Å²) in [6.45, 7) is 0.549. The highest BCUT2D eigenvalue weighted by Gasteiger charge is 2.34. The second kappa shape index (κ2) is 7.69. The minimum Gasteiger partial charge on any atom is -0.496 e. The van der Waals surface area contributed by atoms with Gasteiger partial charge in [-0.25, -0.2) is 12.7 Å². The summed E-state index contributed by atoms with van der Waals surface area (Å²) in [5, 5.41) is 3.24. The second-order valence-electron chi connectivity index (χ2n) is 5.78. The average Bonchev–Trinajstić information content (AvgIpc) is 2.93. The number of nitrogens with zero attached hydrogens (tertiary/aromatic N) is 1. The summed E-state index contributed by atoms with van der Waals surface area (Å²) in [6, 6.07) is 4.35. The van der Waals surface area contributed by atoms with Crippen molar-refractivity contribution in [2.24, 2.45) is 5.92 Å². The first-order valence-electron chi connectivity index (χ1n) is 7.37. The molecular formula is C15H21ClN2O5S. The van der Waals surface area contributed by atoms with E-state index < -0.39 is 16.1 Å². The van der Waals surface area contributed by atoms with Gasteiger partial charge in [-0.15, -0.1) is 0 Å². The van der Waals surface area contributed by atoms with E-state index in [0.717, 1.165) is 0 Å². The van der Waals surface area contributed by atoms with Crippen LogP contribution in [0.3, 0.4) is 0 Å². The Kier molecular flexibility index (Phi) is 6.08. The molecule has 0 aliphatic carbocycles. The van der Waals surface area contributed by atoms with E-state index in [1.807, 2.05) is 0 Å². The van der Waals surface area contributed by atoms with Crippen LogP contribution in [0.2, 0.25) is 5.02 Å². The molecule has 2 unspecified atom stereocenters. The molecule has 7 nitrogen and oxygen atoms in total. The van der Waals surface area contributed by atoms with Crippen molar-refractivity contribution in [1.82, 2.24) is 9.62 Å². The van der Waals surface area contributed by atoms with Gasteiger partial charge in [-0.2, -0.15) is 0 Å². The van der Waals surface area contributed by atoms with Crippen LogP contribution in [0, 0.1) is 5.92 Å². The molecule has 1 aromatic rings. The Labute approximate surface area is 146 Å². The van der Waals surface area contributed by atoms with Gasteiger partial charge in [-0.05, 0) is 18.2 Å². The average molecular weight is 377 g/mol. The maximum Gasteiger partial charge on any atom is 0.255 e. The highest BCUT2D eigenvalue weighted by atomic mass is 35.5. The van der Waals surface area contributed by atoms with Crippen molar-refractivity contribution in [1.29, 1.82) is 0 Å². The van der Waals surface area contributed by atoms with Crippen molar-refractivity contribution in [3.05, 3.63) is 28.8 Å². The van der Waals surface area contributed by atoms with E-state index in [-0.39, 0.29) is 30.8 Å². The number of carbonyl (C=O) groups is 1. The molecule has 0 spiro atoms. The molecule has 9 heteroatoms. The first-order chi connectivity index (χ1) is 11.2. The third-order valence-corrected chi connectivity index (χ3v) is 6.10. The molecule has 1 aliphatic rings. The summed E-state index contributed by atoms with van der Waals surface area (Å²) >= 11 is 5.94. The molecule has 24 heavy (non-hydrogen) atoms. The molecule has 1 aromatic carbocycles. The monoisotopic (exact) mass is 376 g/mol. The number of nitrogens with one attached hydrogen (secondary N) is 1. The second-order valence-corrected chi connectivity index (χ2v) is 8.45. The lowest BCUT2D eigenvalue weighted by molar-refractivity contribution is 0.0923. The molecule has 134 valence electrons. The maximum atomic E-state index is 12.5. The number of hydrogen-bond donors (Lipinski definition) is 1. The summed E-state index contributed by atoms with van der Waals surface area (Å²) in [4.78, 5) is 12.5. The fourth-order valence-electron chi connectivity index (χ4n) is 2.45. The lowest BCUT2D eigenvalue weighted by atomic mass is 10.1. The zero-order chi connectivity index (χ0) is 17.9. The number of methoxy groups -OCH3 is 1. The molecule has 1 fully saturated rings. The van der Waals surface area contributed by atoms with Gasteiger partial charge in [0.05, 0.1) is 37.7 Å². The number of ether oxygens (including phenoxy) is 2. The van der Waals surface area contributed by atoms with Gasteiger partial charge in [-0.3, -0.25) is 4.79 Å². The van der Waals surface area contributed by atoms with E-state index >= 15 is 0 Å². The number of sulfonamides is 1. The highest BCUT2D eigenvalue weighted by molar-refractivity contribution is 7.89. The highest BCUT2D eigenvalue weighted by Crippen LogP contribution is 2.24. The van der Waals surface area contributed by atoms with E-state index in [1.54, 1.807) is 12.1 Å². The van der Waals surface area contributed by atoms with E-state index in [2.05, 4.69) is 5.32 Å². The fourth-order valence-corrected chi connectivity index (χ4v) is 3.79. The van der Waals surface area contributed by atoms with Crippen molar-refractivity contribution in [3.8, 4) is 5.75 Å². The Morgan fingerprint density at radius 1 is 1.42 bits per heavy atom. The Morgan fingerprint density at radius 3 is 2.75 bits per heavy atom. The first-order valence-corrected chi connectivity index (χ1v) is 9.35. The van der Waals surface area contributed by atoms with Crippen LogP contribution in [0.5, 0.6) is 5.75 Å². The molecule has 1 N–H and O–H groups in total. The number of amides is 1. The van der Waals surface area contributed by atoms with Gasteiger partial charge in [0, 0.05) is 25.0 Å². The zero-order valence-electron chi connectivity index (χ0n) is 13.8. The Balaban J connectivity index is 2.12. The van der Waals surface area contributed by atoms with Gasteiger partial charge in [0.1, 0.15) is 5.75 Å². The Hall–Kier alpha value is -1.35. The molecule has 1 saturated heterocycles. The van der Waals surface area contributed by atoms with Gasteiger partial charge in [0.2, 0.25) is 10.0 Å². The number of carbonyl (C=O) groups excluding carboxylic acids is 1. The van der Waals surface area contributed by atoms with Crippen molar-refractivity contribution in [2.75, 3.05) is 40.2 Å². The van der Waals surface area contributed by atoms with Crippen LogP contribution in [0.25, 0.3) is 0 Å². The molecule has 0 saturated carbocycles. The smallest absolute Gasteiger partial charge is 0.255 e. The molecule has 1 aliphatic heterocycles. The van der Waals surface area contributed by atoms with Gasteiger partial charge in [0.25, 0.3) is 5.91 Å². The van der Waals surface area contributed by atoms with Crippen molar-refractivity contribution in [2.45, 2.75) is 6.04 Å². The minimum absolute atomic E-state index is 0.0857. The fraction of sp³-hybridized carbons (Fsp3) is 0.533. The lowest BCUT2D eigenvalue weighted by Crippen LogP contribution is -2.43. The largest absolute Gasteiger partial charge is 0.496 e. The molecule has 0 aromatic heterocycles. The van der Waals surface area contributed by atoms with Crippen LogP contribution >= 0.6 is 11.6 Å². The predicted molar refractivity (Wildman–Crippen MR) is 91.0 cm³/mol. The van der Waals surface area contributed by atoms with E-state index in [9.17, 15) is 13.2 Å². The summed E-state index contributed by atoms with van der Waals surface area (Å²) in [5.41, 5.74) is 0.297. The Morgan fingerprint density at radius 2 is 2.12 bits per heavy atom. The van der Waals surface area contributed by atoms with Crippen LogP contribution in [0.4, 0.5) is 0 Å². The van der Waals surface area contributed by atoms with Gasteiger partial charge in [0.15, 0.2) is 0 Å². The van der Waals surface area contributed by atoms with Crippen LogP contribution in [-0.2, 0) is 14.8 Å². The third-order valence-electron chi connectivity index (χ3n) is 3.90. The summed E-state index contributed by atoms with van der Waals surface area (Å²) < 4.78 is 35.8. The minimum atomic E-state index is -3.38. The quantitative estimate of drug-likeness (QED) is 0.800. The molecule has 2 atom stereocenters. The van der Waals surface area contributed by atoms with Crippen LogP contribution in [0.1, 0.15) is 10.4 Å². The molecule has 1 heterocycles. The Bertz CT molecular complexity index is 708. The van der Waals surface area contributed by atoms with E-state index in [4.69, 9.17) is 21.1 Å². The molecule has 0 bridgehead atoms. The third kappa shape index (κ3) is 4.38. The van der Waals surface area contributed by atoms with Crippen molar-refractivity contribution >= 4 is 27.5 Å². The van der Waals surface area contributed by atoms with Gasteiger partial charge in [-0.1, -0.05) is 11.6 Å². The normalized spacial score (nSPS) is 21.0. The topological polar surface area (TPSA) is 84.9 Å². The summed E-state index contributed by atoms with van der Waals surface area (Å²) in [7, 11) is 1.05. The number of benzene rings is 1.